The van der Waals surface area contributed by atoms with E-state index in [4.69, 9.17) is 9.47 Å². The van der Waals surface area contributed by atoms with Gasteiger partial charge in [-0.25, -0.2) is 8.61 Å². The highest BCUT2D eigenvalue weighted by atomic mass is 33.1. The van der Waals surface area contributed by atoms with Crippen LogP contribution < -0.4 is 18.1 Å². The number of hydrogen-bond acceptors (Lipinski definition) is 6. The fourth-order valence-corrected chi connectivity index (χ4v) is 3.92. The van der Waals surface area contributed by atoms with Crippen LogP contribution in [-0.2, 0) is 9.59 Å². The summed E-state index contributed by atoms with van der Waals surface area (Å²) in [5, 5.41) is 0. The quantitative estimate of drug-likeness (QED) is 0.255. The van der Waals surface area contributed by atoms with E-state index in [0.717, 1.165) is 46.3 Å². The predicted molar refractivity (Wildman–Crippen MR) is 117 cm³/mol. The number of ether oxygens (including phenoxy) is 2. The second-order valence-electron chi connectivity index (χ2n) is 5.70. The van der Waals surface area contributed by atoms with Crippen LogP contribution in [0.3, 0.4) is 0 Å². The van der Waals surface area contributed by atoms with E-state index in [9.17, 15) is 9.59 Å². The van der Waals surface area contributed by atoms with Gasteiger partial charge in [-0.2, -0.15) is 0 Å². The van der Waals surface area contributed by atoms with Gasteiger partial charge in [0.05, 0.1) is 46.5 Å². The molecule has 0 aliphatic heterocycles. The lowest BCUT2D eigenvalue weighted by Crippen LogP contribution is -2.15. The van der Waals surface area contributed by atoms with Crippen LogP contribution in [0.15, 0.2) is 48.5 Å². The Morgan fingerprint density at radius 1 is 0.714 bits per heavy atom. The molecule has 2 amide bonds. The molecule has 0 bridgehead atoms. The van der Waals surface area contributed by atoms with Crippen molar-refractivity contribution in [2.24, 2.45) is 0 Å². The number of amides is 2. The van der Waals surface area contributed by atoms with Crippen molar-refractivity contribution in [1.82, 2.24) is 0 Å². The first-order valence-electron chi connectivity index (χ1n) is 9.01. The van der Waals surface area contributed by atoms with Gasteiger partial charge in [-0.1, -0.05) is 13.8 Å². The molecular formula is C20H24N2O4S2. The molecule has 2 rings (SSSR count). The number of carbonyl (C=O) groups is 2. The smallest absolute Gasteiger partial charge is 0.224 e. The average molecular weight is 421 g/mol. The molecule has 2 aromatic carbocycles. The van der Waals surface area contributed by atoms with Crippen molar-refractivity contribution in [3.05, 3.63) is 48.5 Å². The Labute approximate surface area is 173 Å². The van der Waals surface area contributed by atoms with E-state index in [2.05, 4.69) is 0 Å². The summed E-state index contributed by atoms with van der Waals surface area (Å²) in [7, 11) is 2.30. The largest absolute Gasteiger partial charge is 0.494 e. The summed E-state index contributed by atoms with van der Waals surface area (Å²) in [6.45, 7) is 5.39. The van der Waals surface area contributed by atoms with Crippen LogP contribution in [0.4, 0.5) is 11.4 Å². The molecule has 0 aliphatic carbocycles. The molecule has 28 heavy (non-hydrogen) atoms. The van der Waals surface area contributed by atoms with Crippen molar-refractivity contribution < 1.29 is 19.1 Å². The molecule has 8 heteroatoms. The van der Waals surface area contributed by atoms with E-state index >= 15 is 0 Å². The highest BCUT2D eigenvalue weighted by Crippen LogP contribution is 2.36. The van der Waals surface area contributed by atoms with Crippen molar-refractivity contribution in [3.63, 3.8) is 0 Å². The Morgan fingerprint density at radius 3 is 1.36 bits per heavy atom. The first-order chi connectivity index (χ1) is 13.7. The number of carbonyl (C=O) groups excluding carboxylic acids is 2. The monoisotopic (exact) mass is 420 g/mol. The zero-order valence-corrected chi connectivity index (χ0v) is 17.6. The van der Waals surface area contributed by atoms with E-state index < -0.39 is 0 Å². The van der Waals surface area contributed by atoms with Crippen LogP contribution in [-0.4, -0.2) is 26.0 Å². The molecule has 150 valence electrons. The molecule has 0 unspecified atom stereocenters. The highest BCUT2D eigenvalue weighted by molar-refractivity contribution is 8.78. The Morgan fingerprint density at radius 2 is 1.07 bits per heavy atom. The standard InChI is InChI=1S/C20H24N2O4S2/c1-3-13-25-19-9-5-17(6-10-19)21(15-23)27-28-22(16-24)18-7-11-20(12-8-18)26-14-4-2/h5-12,15-16H,3-4,13-14H2,1-2H3. The first kappa shape index (κ1) is 22.0. The van der Waals surface area contributed by atoms with Crippen LogP contribution in [0.1, 0.15) is 26.7 Å². The molecule has 0 saturated heterocycles. The minimum atomic E-state index is 0.651. The van der Waals surface area contributed by atoms with E-state index in [1.165, 1.54) is 8.61 Å². The minimum absolute atomic E-state index is 0.651. The number of nitrogens with zero attached hydrogens (tertiary/aromatic N) is 2. The van der Waals surface area contributed by atoms with Crippen LogP contribution in [0.25, 0.3) is 0 Å². The summed E-state index contributed by atoms with van der Waals surface area (Å²) in [6, 6.07) is 14.5. The van der Waals surface area contributed by atoms with E-state index in [1.807, 2.05) is 38.1 Å². The summed E-state index contributed by atoms with van der Waals surface area (Å²) in [5.74, 6) is 1.52. The van der Waals surface area contributed by atoms with E-state index in [-0.39, 0.29) is 0 Å². The van der Waals surface area contributed by atoms with Crippen molar-refractivity contribution >= 4 is 46.2 Å². The van der Waals surface area contributed by atoms with E-state index in [1.54, 1.807) is 24.3 Å². The average Bonchev–Trinajstić information content (AvgIpc) is 2.75. The van der Waals surface area contributed by atoms with Crippen molar-refractivity contribution in [3.8, 4) is 11.5 Å². The maximum Gasteiger partial charge on any atom is 0.224 e. The fraction of sp³-hybridized carbons (Fsp3) is 0.300. The number of benzene rings is 2. The Balaban J connectivity index is 1.96. The zero-order chi connectivity index (χ0) is 20.2. The molecule has 2 aromatic rings. The van der Waals surface area contributed by atoms with Gasteiger partial charge in [-0.05, 0) is 61.4 Å². The van der Waals surface area contributed by atoms with Gasteiger partial charge in [0.2, 0.25) is 12.8 Å². The fourth-order valence-electron chi connectivity index (χ4n) is 2.13. The van der Waals surface area contributed by atoms with Gasteiger partial charge in [-0.3, -0.25) is 9.59 Å². The molecule has 0 spiro atoms. The summed E-state index contributed by atoms with van der Waals surface area (Å²) in [4.78, 5) is 23.0. The van der Waals surface area contributed by atoms with Gasteiger partial charge < -0.3 is 9.47 Å². The van der Waals surface area contributed by atoms with Crippen LogP contribution in [0.5, 0.6) is 11.5 Å². The van der Waals surface area contributed by atoms with Gasteiger partial charge in [0.1, 0.15) is 11.5 Å². The third-order valence-electron chi connectivity index (χ3n) is 3.51. The van der Waals surface area contributed by atoms with Gasteiger partial charge in [0, 0.05) is 0 Å². The molecular weight excluding hydrogens is 396 g/mol. The SMILES string of the molecule is CCCOc1ccc(N(C=O)SSN(C=O)c2ccc(OCCC)cc2)cc1. The Kier molecular flexibility index (Phi) is 9.57. The first-order valence-corrected chi connectivity index (χ1v) is 11.1. The van der Waals surface area contributed by atoms with Crippen molar-refractivity contribution in [2.75, 3.05) is 21.8 Å². The van der Waals surface area contributed by atoms with Gasteiger partial charge in [0.25, 0.3) is 0 Å². The lowest BCUT2D eigenvalue weighted by molar-refractivity contribution is -0.107. The van der Waals surface area contributed by atoms with Crippen LogP contribution in [0, 0.1) is 0 Å². The Bertz CT molecular complexity index is 662. The van der Waals surface area contributed by atoms with Crippen molar-refractivity contribution in [2.45, 2.75) is 26.7 Å². The number of rotatable bonds is 13. The van der Waals surface area contributed by atoms with Crippen LogP contribution >= 0.6 is 22.0 Å². The summed E-state index contributed by atoms with van der Waals surface area (Å²) in [6.07, 6.45) is 3.29. The maximum absolute atomic E-state index is 11.5. The second-order valence-corrected chi connectivity index (χ2v) is 7.68. The van der Waals surface area contributed by atoms with Crippen molar-refractivity contribution in [1.29, 1.82) is 0 Å². The molecule has 0 heterocycles. The van der Waals surface area contributed by atoms with Gasteiger partial charge in [-0.15, -0.1) is 0 Å². The normalized spacial score (nSPS) is 10.2. The lowest BCUT2D eigenvalue weighted by atomic mass is 10.3. The molecule has 0 aliphatic rings. The third-order valence-corrected chi connectivity index (χ3v) is 5.66. The maximum atomic E-state index is 11.5. The third kappa shape index (κ3) is 6.69. The minimum Gasteiger partial charge on any atom is -0.494 e. The molecule has 0 fully saturated rings. The molecule has 0 atom stereocenters. The summed E-state index contributed by atoms with van der Waals surface area (Å²) in [5.41, 5.74) is 1.40. The molecule has 0 saturated carbocycles. The lowest BCUT2D eigenvalue weighted by Gasteiger charge is -2.20. The number of anilines is 2. The topological polar surface area (TPSA) is 59.1 Å². The molecule has 0 N–H and O–H groups in total. The number of hydrogen-bond donors (Lipinski definition) is 0. The Hall–Kier alpha value is -2.32. The van der Waals surface area contributed by atoms with Crippen LogP contribution in [0.2, 0.25) is 0 Å². The van der Waals surface area contributed by atoms with Gasteiger partial charge in [0.15, 0.2) is 0 Å². The predicted octanol–water partition coefficient (Wildman–Crippen LogP) is 5.10. The van der Waals surface area contributed by atoms with E-state index in [0.29, 0.717) is 37.4 Å². The summed E-state index contributed by atoms with van der Waals surface area (Å²) < 4.78 is 14.0. The molecule has 6 nitrogen and oxygen atoms in total. The molecule has 0 aromatic heterocycles. The van der Waals surface area contributed by atoms with Gasteiger partial charge >= 0.3 is 0 Å². The second kappa shape index (κ2) is 12.2. The zero-order valence-electron chi connectivity index (χ0n) is 15.9. The molecule has 0 radical (unpaired) electrons. The summed E-state index contributed by atoms with van der Waals surface area (Å²) >= 11 is 0. The highest BCUT2D eigenvalue weighted by Gasteiger charge is 2.13.